The van der Waals surface area contributed by atoms with Crippen LogP contribution in [0.5, 0.6) is 5.75 Å². The minimum Gasteiger partial charge on any atom is -0.488 e. The maximum Gasteiger partial charge on any atom is 0.120 e. The van der Waals surface area contributed by atoms with Gasteiger partial charge in [0.2, 0.25) is 0 Å². The second kappa shape index (κ2) is 4.13. The molecule has 0 spiro atoms. The molecule has 0 saturated carbocycles. The third-order valence-electron chi connectivity index (χ3n) is 1.49. The lowest BCUT2D eigenvalue weighted by atomic mass is 10.2. The van der Waals surface area contributed by atoms with Gasteiger partial charge in [-0.05, 0) is 38.5 Å². The zero-order chi connectivity index (χ0) is 10.6. The van der Waals surface area contributed by atoms with E-state index in [1.54, 1.807) is 0 Å². The van der Waals surface area contributed by atoms with Crippen LogP contribution < -0.4 is 4.74 Å². The van der Waals surface area contributed by atoms with Gasteiger partial charge in [-0.15, -0.1) is 0 Å². The maximum absolute atomic E-state index is 8.37. The van der Waals surface area contributed by atoms with E-state index in [2.05, 4.69) is 5.16 Å². The highest BCUT2D eigenvalue weighted by atomic mass is 16.5. The van der Waals surface area contributed by atoms with Crippen LogP contribution in [-0.2, 0) is 0 Å². The zero-order valence-electron chi connectivity index (χ0n) is 8.69. The van der Waals surface area contributed by atoms with Gasteiger partial charge in [-0.25, -0.2) is 0 Å². The summed E-state index contributed by atoms with van der Waals surface area (Å²) in [6.07, 6.45) is 1.37. The first-order chi connectivity index (χ1) is 6.51. The maximum atomic E-state index is 8.37. The van der Waals surface area contributed by atoms with Crippen LogP contribution in [0.3, 0.4) is 0 Å². The average Bonchev–Trinajstić information content (AvgIpc) is 2.02. The van der Waals surface area contributed by atoms with Crippen molar-refractivity contribution in [3.05, 3.63) is 29.8 Å². The summed E-state index contributed by atoms with van der Waals surface area (Å²) in [7, 11) is 0. The van der Waals surface area contributed by atoms with Crippen molar-refractivity contribution in [1.82, 2.24) is 0 Å². The Bertz CT molecular complexity index is 326. The molecular formula is C11H15NO2. The van der Waals surface area contributed by atoms with Gasteiger partial charge in [-0.3, -0.25) is 0 Å². The Hall–Kier alpha value is -1.51. The van der Waals surface area contributed by atoms with Crippen LogP contribution in [0.1, 0.15) is 26.3 Å². The first-order valence-electron chi connectivity index (χ1n) is 4.48. The lowest BCUT2D eigenvalue weighted by Gasteiger charge is -2.21. The third kappa shape index (κ3) is 3.47. The van der Waals surface area contributed by atoms with Gasteiger partial charge in [0.05, 0.1) is 6.21 Å². The lowest BCUT2D eigenvalue weighted by Crippen LogP contribution is -2.22. The molecule has 0 heterocycles. The lowest BCUT2D eigenvalue weighted by molar-refractivity contribution is 0.131. The van der Waals surface area contributed by atoms with Gasteiger partial charge < -0.3 is 9.94 Å². The van der Waals surface area contributed by atoms with Gasteiger partial charge in [-0.2, -0.15) is 0 Å². The number of hydrogen-bond acceptors (Lipinski definition) is 3. The molecule has 0 bridgehead atoms. The van der Waals surface area contributed by atoms with Crippen LogP contribution in [0.4, 0.5) is 0 Å². The Morgan fingerprint density at radius 2 is 2.07 bits per heavy atom. The molecular weight excluding hydrogens is 178 g/mol. The van der Waals surface area contributed by atoms with E-state index in [-0.39, 0.29) is 5.60 Å². The van der Waals surface area contributed by atoms with Crippen LogP contribution in [0.2, 0.25) is 0 Å². The average molecular weight is 193 g/mol. The van der Waals surface area contributed by atoms with Gasteiger partial charge in [-0.1, -0.05) is 17.3 Å². The second-order valence-electron chi connectivity index (χ2n) is 4.03. The summed E-state index contributed by atoms with van der Waals surface area (Å²) >= 11 is 0. The van der Waals surface area contributed by atoms with Crippen molar-refractivity contribution in [2.75, 3.05) is 0 Å². The monoisotopic (exact) mass is 193 g/mol. The summed E-state index contributed by atoms with van der Waals surface area (Å²) in [6, 6.07) is 7.40. The van der Waals surface area contributed by atoms with Crippen LogP contribution >= 0.6 is 0 Å². The number of hydrogen-bond donors (Lipinski definition) is 1. The van der Waals surface area contributed by atoms with Crippen molar-refractivity contribution >= 4 is 6.21 Å². The predicted molar refractivity (Wildman–Crippen MR) is 56.2 cm³/mol. The molecule has 0 aliphatic carbocycles. The fraction of sp³-hybridized carbons (Fsp3) is 0.364. The Labute approximate surface area is 84.0 Å². The molecule has 0 radical (unpaired) electrons. The third-order valence-corrected chi connectivity index (χ3v) is 1.49. The first kappa shape index (κ1) is 10.6. The van der Waals surface area contributed by atoms with Crippen LogP contribution in [0.25, 0.3) is 0 Å². The van der Waals surface area contributed by atoms with E-state index in [1.165, 1.54) is 6.21 Å². The quantitative estimate of drug-likeness (QED) is 0.445. The van der Waals surface area contributed by atoms with E-state index in [0.29, 0.717) is 0 Å². The van der Waals surface area contributed by atoms with Crippen LogP contribution in [0, 0.1) is 0 Å². The molecule has 1 N–H and O–H groups in total. The molecule has 0 fully saturated rings. The molecule has 1 aromatic carbocycles. The predicted octanol–water partition coefficient (Wildman–Crippen LogP) is 2.67. The fourth-order valence-electron chi connectivity index (χ4n) is 1.08. The van der Waals surface area contributed by atoms with Crippen molar-refractivity contribution in [1.29, 1.82) is 0 Å². The number of benzene rings is 1. The molecule has 14 heavy (non-hydrogen) atoms. The summed E-state index contributed by atoms with van der Waals surface area (Å²) < 4.78 is 5.65. The summed E-state index contributed by atoms with van der Waals surface area (Å²) in [5, 5.41) is 11.3. The Morgan fingerprint density at radius 3 is 2.64 bits per heavy atom. The van der Waals surface area contributed by atoms with Crippen molar-refractivity contribution in [3.8, 4) is 5.75 Å². The number of ether oxygens (including phenoxy) is 1. The van der Waals surface area contributed by atoms with Crippen molar-refractivity contribution < 1.29 is 9.94 Å². The fourth-order valence-corrected chi connectivity index (χ4v) is 1.08. The summed E-state index contributed by atoms with van der Waals surface area (Å²) in [4.78, 5) is 0. The van der Waals surface area contributed by atoms with Gasteiger partial charge >= 0.3 is 0 Å². The molecule has 0 aliphatic heterocycles. The molecule has 1 rings (SSSR count). The van der Waals surface area contributed by atoms with E-state index in [4.69, 9.17) is 9.94 Å². The largest absolute Gasteiger partial charge is 0.488 e. The normalized spacial score (nSPS) is 11.9. The first-order valence-corrected chi connectivity index (χ1v) is 4.48. The smallest absolute Gasteiger partial charge is 0.120 e. The van der Waals surface area contributed by atoms with Crippen molar-refractivity contribution in [2.24, 2.45) is 5.16 Å². The molecule has 0 atom stereocenters. The summed E-state index contributed by atoms with van der Waals surface area (Å²) in [6.45, 7) is 5.96. The molecule has 3 nitrogen and oxygen atoms in total. The highest BCUT2D eigenvalue weighted by molar-refractivity contribution is 5.79. The molecule has 0 aliphatic rings. The summed E-state index contributed by atoms with van der Waals surface area (Å²) in [5.41, 5.74) is 0.601. The Kier molecular flexibility index (Phi) is 3.12. The molecule has 0 aromatic heterocycles. The van der Waals surface area contributed by atoms with E-state index in [9.17, 15) is 0 Å². The van der Waals surface area contributed by atoms with Crippen molar-refractivity contribution in [3.63, 3.8) is 0 Å². The SMILES string of the molecule is CC(C)(C)Oc1cccc(/C=N/O)c1. The van der Waals surface area contributed by atoms with Gasteiger partial charge in [0.25, 0.3) is 0 Å². The number of nitrogens with zero attached hydrogens (tertiary/aromatic N) is 1. The number of oxime groups is 1. The molecule has 0 unspecified atom stereocenters. The molecule has 3 heteroatoms. The van der Waals surface area contributed by atoms with Gasteiger partial charge in [0.1, 0.15) is 11.4 Å². The molecule has 76 valence electrons. The Morgan fingerprint density at radius 1 is 1.36 bits per heavy atom. The minimum atomic E-state index is -0.213. The highest BCUT2D eigenvalue weighted by Crippen LogP contribution is 2.18. The molecule has 0 amide bonds. The highest BCUT2D eigenvalue weighted by Gasteiger charge is 2.11. The molecule has 1 aromatic rings. The topological polar surface area (TPSA) is 41.8 Å². The standard InChI is InChI=1S/C11H15NO2/c1-11(2,3)14-10-6-4-5-9(7-10)8-12-13/h4-8,13H,1-3H3/b12-8+. The van der Waals surface area contributed by atoms with Gasteiger partial charge in [0, 0.05) is 0 Å². The van der Waals surface area contributed by atoms with E-state index >= 15 is 0 Å². The van der Waals surface area contributed by atoms with E-state index in [1.807, 2.05) is 45.0 Å². The van der Waals surface area contributed by atoms with Crippen LogP contribution in [0.15, 0.2) is 29.4 Å². The van der Waals surface area contributed by atoms with E-state index < -0.39 is 0 Å². The van der Waals surface area contributed by atoms with Crippen molar-refractivity contribution in [2.45, 2.75) is 26.4 Å². The number of rotatable bonds is 2. The van der Waals surface area contributed by atoms with E-state index in [0.717, 1.165) is 11.3 Å². The summed E-state index contributed by atoms with van der Waals surface area (Å²) in [5.74, 6) is 0.773. The van der Waals surface area contributed by atoms with Gasteiger partial charge in [0.15, 0.2) is 0 Å². The Balaban J connectivity index is 2.84. The van der Waals surface area contributed by atoms with Crippen LogP contribution in [-0.4, -0.2) is 17.0 Å². The zero-order valence-corrected chi connectivity index (χ0v) is 8.69. The molecule has 0 saturated heterocycles. The minimum absolute atomic E-state index is 0.213. The second-order valence-corrected chi connectivity index (χ2v) is 4.03.